The van der Waals surface area contributed by atoms with Gasteiger partial charge in [0.2, 0.25) is 41.4 Å². The molecule has 1 aliphatic carbocycles. The molecule has 7 aromatic heterocycles. The average Bonchev–Trinajstić information content (AvgIpc) is 0.987. The minimum Gasteiger partial charge on any atom is -0.495 e. The third-order valence-electron chi connectivity index (χ3n) is 21.3. The van der Waals surface area contributed by atoms with Crippen LogP contribution in [0.1, 0.15) is 44.6 Å². The number of benzene rings is 5. The van der Waals surface area contributed by atoms with Gasteiger partial charge in [0.25, 0.3) is 16.7 Å². The lowest BCUT2D eigenvalue weighted by Gasteiger charge is -2.25. The summed E-state index contributed by atoms with van der Waals surface area (Å²) in [6.45, 7) is 11.0. The second-order valence-electron chi connectivity index (χ2n) is 30.7. The molecule has 1 saturated carbocycles. The number of halogens is 5. The Balaban J connectivity index is 0.000000164. The predicted molar refractivity (Wildman–Crippen MR) is 479 cm³/mol. The molecular formula is C90H94F5N21O12. The first kappa shape index (κ1) is 90.8. The van der Waals surface area contributed by atoms with E-state index < -0.39 is 45.8 Å². The predicted octanol–water partition coefficient (Wildman–Crippen LogP) is 13.9. The van der Waals surface area contributed by atoms with Gasteiger partial charge in [0.1, 0.15) is 51.6 Å². The highest BCUT2D eigenvalue weighted by Gasteiger charge is 2.31. The molecule has 128 heavy (non-hydrogen) atoms. The van der Waals surface area contributed by atoms with Gasteiger partial charge in [-0.25, -0.2) is 41.9 Å². The number of hydrogen-bond acceptors (Lipinski definition) is 27. The first-order valence-corrected chi connectivity index (χ1v) is 40.4. The molecule has 0 bridgehead atoms. The van der Waals surface area contributed by atoms with Crippen molar-refractivity contribution in [3.63, 3.8) is 0 Å². The fourth-order valence-corrected chi connectivity index (χ4v) is 14.6. The quantitative estimate of drug-likeness (QED) is 0.0196. The van der Waals surface area contributed by atoms with Gasteiger partial charge in [-0.3, -0.25) is 42.5 Å². The number of hydrogen-bond donors (Lipinski definition) is 6. The zero-order valence-electron chi connectivity index (χ0n) is 71.9. The van der Waals surface area contributed by atoms with Crippen molar-refractivity contribution in [2.45, 2.75) is 56.7 Å². The van der Waals surface area contributed by atoms with Gasteiger partial charge in [0, 0.05) is 142 Å². The van der Waals surface area contributed by atoms with Crippen molar-refractivity contribution in [3.05, 3.63) is 232 Å². The Bertz CT molecular complexity index is 6430. The summed E-state index contributed by atoms with van der Waals surface area (Å²) in [5.74, 6) is -3.60. The van der Waals surface area contributed by atoms with Crippen molar-refractivity contribution < 1.29 is 64.8 Å². The van der Waals surface area contributed by atoms with E-state index in [1.807, 2.05) is 45.2 Å². The summed E-state index contributed by atoms with van der Waals surface area (Å²) in [5, 5.41) is 19.5. The number of nitrogens with zero attached hydrogens (tertiary/aromatic N) is 15. The van der Waals surface area contributed by atoms with Gasteiger partial charge in [-0.15, -0.1) is 0 Å². The van der Waals surface area contributed by atoms with Crippen LogP contribution in [0.15, 0.2) is 186 Å². The molecule has 15 rings (SSSR count). The summed E-state index contributed by atoms with van der Waals surface area (Å²) in [5.41, 5.74) is 4.25. The molecule has 3 fully saturated rings. The van der Waals surface area contributed by atoms with Crippen molar-refractivity contribution in [1.29, 1.82) is 0 Å². The normalized spacial score (nSPS) is 14.3. The molecule has 666 valence electrons. The molecule has 3 aliphatic rings. The van der Waals surface area contributed by atoms with Gasteiger partial charge in [-0.1, -0.05) is 32.1 Å². The zero-order chi connectivity index (χ0) is 91.3. The minimum absolute atomic E-state index is 0.00769. The van der Waals surface area contributed by atoms with Crippen molar-refractivity contribution in [1.82, 2.24) is 63.3 Å². The van der Waals surface area contributed by atoms with Gasteiger partial charge in [-0.2, -0.15) is 15.0 Å². The van der Waals surface area contributed by atoms with Crippen molar-refractivity contribution in [3.8, 4) is 51.9 Å². The van der Waals surface area contributed by atoms with E-state index in [4.69, 9.17) is 28.4 Å². The molecule has 2 saturated heterocycles. The molecule has 2 unspecified atom stereocenters. The zero-order valence-corrected chi connectivity index (χ0v) is 71.9. The van der Waals surface area contributed by atoms with Crippen LogP contribution in [0, 0.1) is 29.1 Å². The van der Waals surface area contributed by atoms with Gasteiger partial charge in [0.05, 0.1) is 67.3 Å². The molecule has 0 spiro atoms. The summed E-state index contributed by atoms with van der Waals surface area (Å²) in [7, 11) is 19.7. The maximum atomic E-state index is 14.3. The monoisotopic (exact) mass is 1760 g/mol. The molecule has 5 aromatic carbocycles. The summed E-state index contributed by atoms with van der Waals surface area (Å²) in [6, 6.07) is 25.5. The van der Waals surface area contributed by atoms with Crippen LogP contribution < -0.4 is 86.8 Å². The van der Waals surface area contributed by atoms with Crippen molar-refractivity contribution >= 4 is 114 Å². The van der Waals surface area contributed by atoms with E-state index >= 15 is 0 Å². The molecule has 9 heterocycles. The number of aryl methyl sites for hydroxylation is 2. The third-order valence-corrected chi connectivity index (χ3v) is 21.3. The van der Waals surface area contributed by atoms with Gasteiger partial charge >= 0.3 is 0 Å². The van der Waals surface area contributed by atoms with Crippen LogP contribution in [0.2, 0.25) is 0 Å². The lowest BCUT2D eigenvalue weighted by molar-refractivity contribution is -0.112. The lowest BCUT2D eigenvalue weighted by Crippen LogP contribution is -2.31. The van der Waals surface area contributed by atoms with E-state index in [0.717, 1.165) is 107 Å². The molecule has 33 nitrogen and oxygen atoms in total. The average molecular weight is 1760 g/mol. The number of aromatic nitrogens is 10. The van der Waals surface area contributed by atoms with Crippen LogP contribution in [-0.2, 0) is 28.5 Å². The number of amides is 3. The standard InChI is InChI=1S/C31H32F2N6O4.C30H31F2N7O4.C29H31FN8O4/c1-38(2)14-6-9-28(40)35-21-11-13-26(42-3)24(17-21)36-31-34-18-19-15-27(43-25-12-10-20(32)16-23(25)33)30(41)39(29(19)37-31)22-7-4-5-8-22;1-6-27(40)34-21-13-22(25(42-5)14-23(21)39-10-9-19(16-39)37(2)3)35-30-33-15-17-11-26(29(41)38(4)28(17)36-30)43-24-8-7-18(31)12-20(24)32;1-6-25(39)33-20-12-21(23(41-5)13-22(20)38-10-9-19(16-38)36(2)3)34-29-32-14-17-11-24(28(40)37(4)27(17)35-29)42-26-8-7-18(30)15-31-26/h6,9-13,15-18,22H,4-5,7-8,14H2,1-3H3,(H,35,40)(H,34,36,37);6-8,11-15,19H,1,9-10,16H2,2-5H3,(H,34,40)(H,33,35,36);6-8,11-15,19H,1,9-10,16H2,2-5H3,(H,33,39)(H,32,34,35)/b9-6+;;. The second kappa shape index (κ2) is 40.4. The topological polar surface area (TPSA) is 351 Å². The molecule has 0 radical (unpaired) electrons. The lowest BCUT2D eigenvalue weighted by atomic mass is 10.2. The SMILES string of the molecule is C=CC(=O)Nc1cc(Nc2ncc3cc(Oc4ccc(F)cc4F)c(=O)n(C)c3n2)c(OC)cc1N1CCC(N(C)C)C1.C=CC(=O)Nc1cc(Nc2ncc3cc(Oc4ccc(F)cn4)c(=O)n(C)c3n2)c(OC)cc1N1CCC(N(C)C)C1.COc1ccc(NC(=O)/C=C/CN(C)C)cc1Nc1ncc2cc(Oc3ccc(F)cc3F)c(=O)n(C3CCCC3)c2n1. The van der Waals surface area contributed by atoms with E-state index in [0.29, 0.717) is 110 Å². The van der Waals surface area contributed by atoms with Gasteiger partial charge in [0.15, 0.2) is 40.4 Å². The molecule has 2 atom stereocenters. The number of anilines is 11. The number of carbonyl (C=O) groups excluding carboxylic acids is 3. The number of fused-ring (bicyclic) bond motifs is 3. The summed E-state index contributed by atoms with van der Waals surface area (Å²) < 4.78 is 106. The van der Waals surface area contributed by atoms with E-state index in [-0.39, 0.29) is 81.9 Å². The Hall–Kier alpha value is -14.9. The van der Waals surface area contributed by atoms with Crippen LogP contribution in [0.3, 0.4) is 0 Å². The third kappa shape index (κ3) is 21.5. The van der Waals surface area contributed by atoms with Gasteiger partial charge < -0.3 is 84.8 Å². The maximum absolute atomic E-state index is 14.3. The van der Waals surface area contributed by atoms with E-state index in [1.165, 1.54) is 91.4 Å². The Labute approximate surface area is 731 Å². The van der Waals surface area contributed by atoms with Crippen LogP contribution in [-0.4, -0.2) is 189 Å². The number of rotatable bonds is 28. The fourth-order valence-electron chi connectivity index (χ4n) is 14.6. The first-order chi connectivity index (χ1) is 61.4. The highest BCUT2D eigenvalue weighted by Crippen LogP contribution is 2.43. The number of methoxy groups -OCH3 is 3. The first-order valence-electron chi connectivity index (χ1n) is 40.4. The van der Waals surface area contributed by atoms with Crippen molar-refractivity contribution in [2.24, 2.45) is 14.1 Å². The highest BCUT2D eigenvalue weighted by molar-refractivity contribution is 6.04. The Morgan fingerprint density at radius 2 is 0.898 bits per heavy atom. The molecule has 38 heteroatoms. The van der Waals surface area contributed by atoms with Crippen LogP contribution in [0.5, 0.6) is 51.9 Å². The molecule has 6 N–H and O–H groups in total. The van der Waals surface area contributed by atoms with Crippen LogP contribution in [0.25, 0.3) is 33.1 Å². The molecular weight excluding hydrogens is 1660 g/mol. The smallest absolute Gasteiger partial charge is 0.295 e. The van der Waals surface area contributed by atoms with E-state index in [1.54, 1.807) is 61.3 Å². The van der Waals surface area contributed by atoms with Gasteiger partial charge in [-0.05, 0) is 159 Å². The molecule has 2 aliphatic heterocycles. The molecule has 3 amide bonds. The number of pyridine rings is 4. The number of likely N-dealkylation sites (N-methyl/N-ethyl adjacent to an activating group) is 3. The Kier molecular flexibility index (Phi) is 28.6. The van der Waals surface area contributed by atoms with E-state index in [2.05, 4.69) is 114 Å². The molecule has 12 aromatic rings. The Morgan fingerprint density at radius 1 is 0.461 bits per heavy atom. The highest BCUT2D eigenvalue weighted by atomic mass is 19.1. The largest absolute Gasteiger partial charge is 0.495 e. The van der Waals surface area contributed by atoms with Crippen LogP contribution >= 0.6 is 0 Å². The van der Waals surface area contributed by atoms with Crippen LogP contribution in [0.4, 0.5) is 85.3 Å². The Morgan fingerprint density at radius 3 is 1.33 bits per heavy atom. The number of nitrogens with one attached hydrogen (secondary N) is 6. The summed E-state index contributed by atoms with van der Waals surface area (Å²) >= 11 is 0. The van der Waals surface area contributed by atoms with E-state index in [9.17, 15) is 50.7 Å². The minimum atomic E-state index is -0.941. The summed E-state index contributed by atoms with van der Waals surface area (Å²) in [6.07, 6.45) is 16.6. The number of carbonyl (C=O) groups is 3. The fraction of sp³-hybridized carbons (Fsp3) is 0.278. The maximum Gasteiger partial charge on any atom is 0.295 e. The number of ether oxygens (including phenoxy) is 6. The van der Waals surface area contributed by atoms with Crippen molar-refractivity contribution in [2.75, 3.05) is 138 Å². The summed E-state index contributed by atoms with van der Waals surface area (Å²) in [4.78, 5) is 118. The second-order valence-corrected chi connectivity index (χ2v) is 30.7.